The highest BCUT2D eigenvalue weighted by Gasteiger charge is 2.43. The Labute approximate surface area is 197 Å². The number of aromatic nitrogens is 4. The molecule has 2 aliphatic heterocycles. The highest BCUT2D eigenvalue weighted by Crippen LogP contribution is 2.43. The van der Waals surface area contributed by atoms with Gasteiger partial charge >= 0.3 is 0 Å². The van der Waals surface area contributed by atoms with Crippen molar-refractivity contribution in [2.45, 2.75) is 57.3 Å². The minimum Gasteiger partial charge on any atom is -0.386 e. The van der Waals surface area contributed by atoms with Crippen LogP contribution >= 0.6 is 34.5 Å². The predicted molar refractivity (Wildman–Crippen MR) is 121 cm³/mol. The number of nitrogens with zero attached hydrogens (tertiary/aromatic N) is 4. The van der Waals surface area contributed by atoms with Crippen molar-refractivity contribution in [1.82, 2.24) is 20.2 Å². The third-order valence-electron chi connectivity index (χ3n) is 5.61. The second-order valence-electron chi connectivity index (χ2n) is 8.48. The Kier molecular flexibility index (Phi) is 5.52. The summed E-state index contributed by atoms with van der Waals surface area (Å²) in [7, 11) is 0. The van der Waals surface area contributed by atoms with Gasteiger partial charge in [0, 0.05) is 0 Å². The van der Waals surface area contributed by atoms with E-state index in [0.717, 1.165) is 10.4 Å². The van der Waals surface area contributed by atoms with Gasteiger partial charge in [-0.1, -0.05) is 23.2 Å². The van der Waals surface area contributed by atoms with E-state index in [-0.39, 0.29) is 12.1 Å². The van der Waals surface area contributed by atoms with Gasteiger partial charge < -0.3 is 25.0 Å². The number of thiophene rings is 1. The fourth-order valence-corrected chi connectivity index (χ4v) is 5.83. The Balaban J connectivity index is 1.52. The van der Waals surface area contributed by atoms with Crippen molar-refractivity contribution < 1.29 is 19.7 Å². The van der Waals surface area contributed by atoms with E-state index < -0.39 is 18.0 Å². The second kappa shape index (κ2) is 7.98. The minimum absolute atomic E-state index is 0.0665. The van der Waals surface area contributed by atoms with E-state index in [9.17, 15) is 10.2 Å². The molecule has 170 valence electrons. The van der Waals surface area contributed by atoms with E-state index in [1.165, 1.54) is 17.5 Å². The van der Waals surface area contributed by atoms with Crippen LogP contribution in [0, 0.1) is 6.92 Å². The number of rotatable bonds is 4. The van der Waals surface area contributed by atoms with Crippen LogP contribution in [0.5, 0.6) is 0 Å². The summed E-state index contributed by atoms with van der Waals surface area (Å²) in [6.07, 6.45) is 0.544. The minimum atomic E-state index is -1.23. The third kappa shape index (κ3) is 3.73. The highest BCUT2D eigenvalue weighted by molar-refractivity contribution is 7.23. The van der Waals surface area contributed by atoms with Crippen molar-refractivity contribution in [1.29, 1.82) is 0 Å². The van der Waals surface area contributed by atoms with Gasteiger partial charge in [0.25, 0.3) is 0 Å². The lowest BCUT2D eigenvalue weighted by molar-refractivity contribution is -0.156. The number of anilines is 1. The summed E-state index contributed by atoms with van der Waals surface area (Å²) in [4.78, 5) is 9.68. The molecule has 0 amide bonds. The molecule has 2 saturated heterocycles. The van der Waals surface area contributed by atoms with Crippen molar-refractivity contribution in [3.63, 3.8) is 0 Å². The Hall–Kier alpha value is -1.66. The molecule has 2 fully saturated rings. The van der Waals surface area contributed by atoms with E-state index >= 15 is 0 Å². The first-order valence-corrected chi connectivity index (χ1v) is 11.6. The van der Waals surface area contributed by atoms with Gasteiger partial charge in [-0.05, 0) is 32.8 Å². The molecule has 3 N–H and O–H groups in total. The van der Waals surface area contributed by atoms with Crippen LogP contribution in [0.2, 0.25) is 10.0 Å². The predicted octanol–water partition coefficient (Wildman–Crippen LogP) is 3.28. The summed E-state index contributed by atoms with van der Waals surface area (Å²) in [6, 6.07) is -0.312. The molecule has 0 saturated carbocycles. The van der Waals surface area contributed by atoms with Crippen molar-refractivity contribution in [3.05, 3.63) is 27.5 Å². The molecule has 32 heavy (non-hydrogen) atoms. The molecule has 2 bridgehead atoms. The zero-order valence-corrected chi connectivity index (χ0v) is 19.8. The van der Waals surface area contributed by atoms with Crippen LogP contribution < -0.4 is 5.32 Å². The van der Waals surface area contributed by atoms with Gasteiger partial charge in [-0.25, -0.2) is 9.97 Å². The molecule has 0 unspecified atom stereocenters. The highest BCUT2D eigenvalue weighted by atomic mass is 35.5. The monoisotopic (exact) mass is 497 g/mol. The average molecular weight is 498 g/mol. The maximum atomic E-state index is 10.5. The molecule has 0 spiro atoms. The first kappa shape index (κ1) is 22.1. The summed E-state index contributed by atoms with van der Waals surface area (Å²) >= 11 is 14.4. The van der Waals surface area contributed by atoms with Crippen LogP contribution in [0.1, 0.15) is 31.5 Å². The Morgan fingerprint density at radius 1 is 1.28 bits per heavy atom. The summed E-state index contributed by atoms with van der Waals surface area (Å²) in [6.45, 7) is 5.57. The first-order chi connectivity index (χ1) is 15.1. The van der Waals surface area contributed by atoms with Gasteiger partial charge in [-0.2, -0.15) is 5.10 Å². The lowest BCUT2D eigenvalue weighted by Gasteiger charge is -2.32. The van der Waals surface area contributed by atoms with Gasteiger partial charge in [-0.15, -0.1) is 16.4 Å². The quantitative estimate of drug-likeness (QED) is 0.497. The van der Waals surface area contributed by atoms with Crippen LogP contribution in [0.15, 0.2) is 6.20 Å². The number of hydrogen-bond donors (Lipinski definition) is 3. The van der Waals surface area contributed by atoms with E-state index in [0.29, 0.717) is 50.6 Å². The van der Waals surface area contributed by atoms with Gasteiger partial charge in [0.1, 0.15) is 28.6 Å². The fourth-order valence-electron chi connectivity index (χ4n) is 3.93. The summed E-state index contributed by atoms with van der Waals surface area (Å²) in [5.74, 6) is 0.334. The number of fused-ring (bicyclic) bond motifs is 3. The number of aliphatic hydroxyl groups is 2. The van der Waals surface area contributed by atoms with Crippen molar-refractivity contribution in [2.75, 3.05) is 11.9 Å². The number of ether oxygens (including phenoxy) is 2. The average Bonchev–Trinajstić information content (AvgIpc) is 3.29. The summed E-state index contributed by atoms with van der Waals surface area (Å²) < 4.78 is 11.7. The Morgan fingerprint density at radius 2 is 2.06 bits per heavy atom. The van der Waals surface area contributed by atoms with Gasteiger partial charge in [0.15, 0.2) is 6.29 Å². The lowest BCUT2D eigenvalue weighted by Crippen LogP contribution is -2.48. The van der Waals surface area contributed by atoms with Gasteiger partial charge in [0.05, 0.1) is 44.6 Å². The molecular weight excluding hydrogens is 477 g/mol. The number of aryl methyl sites for hydroxylation is 1. The van der Waals surface area contributed by atoms with Crippen molar-refractivity contribution >= 4 is 50.7 Å². The van der Waals surface area contributed by atoms with Crippen LogP contribution in [-0.2, 0) is 15.1 Å². The maximum Gasteiger partial charge on any atom is 0.223 e. The van der Waals surface area contributed by atoms with Gasteiger partial charge in [0.2, 0.25) is 5.95 Å². The SMILES string of the molecule is Cc1c(-c2nc(N[C@@H]3C[C@H]4CO[C@H](O4)[C@H]3O)ncc2Cl)sc2c(Cl)c(C(C)(C)O)nnc12. The largest absolute Gasteiger partial charge is 0.386 e. The molecule has 9 nitrogen and oxygen atoms in total. The second-order valence-corrected chi connectivity index (χ2v) is 10.3. The van der Waals surface area contributed by atoms with Crippen LogP contribution in [0.25, 0.3) is 20.8 Å². The van der Waals surface area contributed by atoms with E-state index in [1.807, 2.05) is 6.92 Å². The molecule has 0 aromatic carbocycles. The number of aliphatic hydroxyl groups excluding tert-OH is 1. The molecule has 0 radical (unpaired) electrons. The molecule has 3 aromatic heterocycles. The molecule has 5 heterocycles. The first-order valence-electron chi connectivity index (χ1n) is 10.1. The molecule has 3 aromatic rings. The van der Waals surface area contributed by atoms with E-state index in [1.54, 1.807) is 13.8 Å². The molecular formula is C20H21Cl2N5O4S. The maximum absolute atomic E-state index is 10.5. The van der Waals surface area contributed by atoms with Gasteiger partial charge in [-0.3, -0.25) is 0 Å². The Bertz CT molecular complexity index is 1200. The van der Waals surface area contributed by atoms with Crippen LogP contribution in [0.3, 0.4) is 0 Å². The Morgan fingerprint density at radius 3 is 2.81 bits per heavy atom. The summed E-state index contributed by atoms with van der Waals surface area (Å²) in [5, 5.41) is 33.2. The van der Waals surface area contributed by atoms with E-state index in [4.69, 9.17) is 32.7 Å². The van der Waals surface area contributed by atoms with E-state index in [2.05, 4.69) is 25.5 Å². The molecule has 12 heteroatoms. The smallest absolute Gasteiger partial charge is 0.223 e. The van der Waals surface area contributed by atoms with Crippen LogP contribution in [0.4, 0.5) is 5.95 Å². The van der Waals surface area contributed by atoms with Crippen molar-refractivity contribution in [3.8, 4) is 10.6 Å². The molecule has 5 rings (SSSR count). The van der Waals surface area contributed by atoms with Crippen LogP contribution in [-0.4, -0.2) is 61.5 Å². The number of hydrogen-bond acceptors (Lipinski definition) is 10. The number of halogens is 2. The standard InChI is InChI=1S/C20H21Cl2N5O4S/c1-7-12-16(11(22)17(27-26-12)20(2,3)29)32-15(7)13-9(21)5-23-19(25-13)24-10-4-8-6-30-18(31-8)14(10)28/h5,8,10,14,18,28-29H,4,6H2,1-3H3,(H,23,24,25)/t8-,10+,14-,18+/m0/s1. The number of nitrogens with one attached hydrogen (secondary N) is 1. The van der Waals surface area contributed by atoms with Crippen molar-refractivity contribution in [2.24, 2.45) is 0 Å². The summed E-state index contributed by atoms with van der Waals surface area (Å²) in [5.41, 5.74) is 1.05. The topological polar surface area (TPSA) is 123 Å². The third-order valence-corrected chi connectivity index (χ3v) is 7.67. The molecule has 4 atom stereocenters. The fraction of sp³-hybridized carbons (Fsp3) is 0.500. The molecule has 0 aliphatic carbocycles. The normalized spacial score (nSPS) is 25.5. The molecule has 2 aliphatic rings. The lowest BCUT2D eigenvalue weighted by atomic mass is 10.0. The zero-order chi connectivity index (χ0) is 22.8. The zero-order valence-electron chi connectivity index (χ0n) is 17.5.